The summed E-state index contributed by atoms with van der Waals surface area (Å²) in [6.45, 7) is 1.86. The lowest BCUT2D eigenvalue weighted by molar-refractivity contribution is 0.233. The van der Waals surface area contributed by atoms with Crippen molar-refractivity contribution in [3.05, 3.63) is 41.5 Å². The fourth-order valence-electron chi connectivity index (χ4n) is 2.93. The summed E-state index contributed by atoms with van der Waals surface area (Å²) in [5, 5.41) is 23.4. The topological polar surface area (TPSA) is 92.1 Å². The minimum atomic E-state index is -0.253. The first-order chi connectivity index (χ1) is 10.6. The van der Waals surface area contributed by atoms with Crippen LogP contribution in [0.4, 0.5) is 4.79 Å². The van der Waals surface area contributed by atoms with Crippen molar-refractivity contribution in [2.24, 2.45) is 7.05 Å². The summed E-state index contributed by atoms with van der Waals surface area (Å²) < 4.78 is 1.77. The fraction of sp³-hybridized carbons (Fsp3) is 0.400. The average molecular weight is 301 g/mol. The molecule has 1 aliphatic carbocycles. The molecule has 0 radical (unpaired) electrons. The molecule has 0 spiro atoms. The van der Waals surface area contributed by atoms with Crippen LogP contribution in [-0.4, -0.2) is 25.9 Å². The minimum Gasteiger partial charge on any atom is -0.508 e. The molecule has 1 aromatic heterocycles. The molecule has 22 heavy (non-hydrogen) atoms. The molecule has 1 aromatic carbocycles. The summed E-state index contributed by atoms with van der Waals surface area (Å²) in [6, 6.07) is 4.85. The van der Waals surface area contributed by atoms with Gasteiger partial charge < -0.3 is 20.3 Å². The van der Waals surface area contributed by atoms with Crippen molar-refractivity contribution in [3.8, 4) is 5.75 Å². The summed E-state index contributed by atoms with van der Waals surface area (Å²) in [4.78, 5) is 12.2. The number of aryl methyl sites for hydroxylation is 1. The Morgan fingerprint density at radius 1 is 1.50 bits per heavy atom. The number of nitrogens with one attached hydrogen (secondary N) is 2. The van der Waals surface area contributed by atoms with E-state index in [-0.39, 0.29) is 18.1 Å². The third kappa shape index (κ3) is 2.61. The standard InChI is InChI=1S/C15H19N5O2/c1-9(14-19-16-8-20(14)2)17-15(22)18-12-7-6-11-10(12)4-3-5-13(11)21/h3-5,8-9,12,21H,6-7H2,1-2H3,(H2,17,18,22)/t9-,12-/m1/s1. The molecule has 7 nitrogen and oxygen atoms in total. The molecule has 1 heterocycles. The molecule has 2 atom stereocenters. The number of urea groups is 1. The van der Waals surface area contributed by atoms with Gasteiger partial charge in [-0.1, -0.05) is 12.1 Å². The highest BCUT2D eigenvalue weighted by molar-refractivity contribution is 5.75. The molecule has 116 valence electrons. The first-order valence-corrected chi connectivity index (χ1v) is 7.28. The quantitative estimate of drug-likeness (QED) is 0.802. The van der Waals surface area contributed by atoms with Crippen LogP contribution in [0.15, 0.2) is 24.5 Å². The maximum atomic E-state index is 12.2. The van der Waals surface area contributed by atoms with Crippen molar-refractivity contribution < 1.29 is 9.90 Å². The van der Waals surface area contributed by atoms with Gasteiger partial charge in [-0.2, -0.15) is 0 Å². The van der Waals surface area contributed by atoms with E-state index < -0.39 is 0 Å². The predicted molar refractivity (Wildman–Crippen MR) is 80.3 cm³/mol. The summed E-state index contributed by atoms with van der Waals surface area (Å²) in [7, 11) is 1.83. The van der Waals surface area contributed by atoms with Gasteiger partial charge >= 0.3 is 6.03 Å². The third-order valence-electron chi connectivity index (χ3n) is 4.03. The molecule has 0 saturated carbocycles. The number of hydrogen-bond acceptors (Lipinski definition) is 4. The molecule has 0 fully saturated rings. The number of nitrogens with zero attached hydrogens (tertiary/aromatic N) is 3. The van der Waals surface area contributed by atoms with Gasteiger partial charge in [-0.3, -0.25) is 0 Å². The smallest absolute Gasteiger partial charge is 0.315 e. The SMILES string of the molecule is C[C@@H](NC(=O)N[C@@H]1CCc2c(O)cccc21)c1nncn1C. The largest absolute Gasteiger partial charge is 0.508 e. The maximum Gasteiger partial charge on any atom is 0.315 e. The Kier molecular flexibility index (Phi) is 3.70. The second-order valence-electron chi connectivity index (χ2n) is 5.58. The van der Waals surface area contributed by atoms with Crippen LogP contribution < -0.4 is 10.6 Å². The van der Waals surface area contributed by atoms with Gasteiger partial charge in [0.15, 0.2) is 5.82 Å². The van der Waals surface area contributed by atoms with Gasteiger partial charge in [0.05, 0.1) is 12.1 Å². The molecular formula is C15H19N5O2. The number of aromatic nitrogens is 3. The minimum absolute atomic E-state index is 0.0752. The number of phenols is 1. The lowest BCUT2D eigenvalue weighted by Gasteiger charge is -2.18. The Labute approximate surface area is 128 Å². The van der Waals surface area contributed by atoms with Crippen molar-refractivity contribution >= 4 is 6.03 Å². The normalized spacial score (nSPS) is 17.8. The zero-order valence-corrected chi connectivity index (χ0v) is 12.6. The molecule has 0 saturated heterocycles. The number of benzene rings is 1. The second-order valence-corrected chi connectivity index (χ2v) is 5.58. The maximum absolute atomic E-state index is 12.2. The Morgan fingerprint density at radius 3 is 3.05 bits per heavy atom. The van der Waals surface area contributed by atoms with E-state index in [1.165, 1.54) is 0 Å². The molecule has 7 heteroatoms. The van der Waals surface area contributed by atoms with E-state index in [1.54, 1.807) is 23.0 Å². The lowest BCUT2D eigenvalue weighted by Crippen LogP contribution is -2.39. The number of phenolic OH excluding ortho intramolecular Hbond substituents is 1. The highest BCUT2D eigenvalue weighted by atomic mass is 16.3. The summed E-state index contributed by atoms with van der Waals surface area (Å²) >= 11 is 0. The first-order valence-electron chi connectivity index (χ1n) is 7.28. The van der Waals surface area contributed by atoms with E-state index in [0.717, 1.165) is 24.0 Å². The van der Waals surface area contributed by atoms with Crippen LogP contribution >= 0.6 is 0 Å². The van der Waals surface area contributed by atoms with Gasteiger partial charge in [-0.25, -0.2) is 4.79 Å². The number of amides is 2. The Hall–Kier alpha value is -2.57. The highest BCUT2D eigenvalue weighted by Gasteiger charge is 2.26. The lowest BCUT2D eigenvalue weighted by atomic mass is 10.1. The van der Waals surface area contributed by atoms with Gasteiger partial charge in [-0.05, 0) is 37.0 Å². The number of hydrogen-bond donors (Lipinski definition) is 3. The van der Waals surface area contributed by atoms with Crippen LogP contribution in [0, 0.1) is 0 Å². The van der Waals surface area contributed by atoms with Crippen LogP contribution in [0.25, 0.3) is 0 Å². The number of carbonyl (C=O) groups excluding carboxylic acids is 1. The van der Waals surface area contributed by atoms with E-state index in [9.17, 15) is 9.90 Å². The van der Waals surface area contributed by atoms with E-state index in [0.29, 0.717) is 11.6 Å². The number of aromatic hydroxyl groups is 1. The fourth-order valence-corrected chi connectivity index (χ4v) is 2.93. The summed E-state index contributed by atoms with van der Waals surface area (Å²) in [6.07, 6.45) is 3.16. The van der Waals surface area contributed by atoms with Crippen LogP contribution in [0.5, 0.6) is 5.75 Å². The van der Waals surface area contributed by atoms with Crippen molar-refractivity contribution in [1.82, 2.24) is 25.4 Å². The molecule has 2 aromatic rings. The van der Waals surface area contributed by atoms with Crippen LogP contribution in [0.1, 0.15) is 42.4 Å². The molecule has 2 amide bonds. The van der Waals surface area contributed by atoms with Crippen molar-refractivity contribution in [2.45, 2.75) is 31.8 Å². The van der Waals surface area contributed by atoms with Gasteiger partial charge in [0.25, 0.3) is 0 Å². The van der Waals surface area contributed by atoms with Gasteiger partial charge in [-0.15, -0.1) is 10.2 Å². The Balaban J connectivity index is 1.64. The van der Waals surface area contributed by atoms with Crippen molar-refractivity contribution in [1.29, 1.82) is 0 Å². The van der Waals surface area contributed by atoms with Gasteiger partial charge in [0.1, 0.15) is 12.1 Å². The van der Waals surface area contributed by atoms with E-state index >= 15 is 0 Å². The van der Waals surface area contributed by atoms with Gasteiger partial charge in [0, 0.05) is 7.05 Å². The Morgan fingerprint density at radius 2 is 2.32 bits per heavy atom. The first kappa shape index (κ1) is 14.4. The Bertz CT molecular complexity index is 697. The van der Waals surface area contributed by atoms with Crippen molar-refractivity contribution in [2.75, 3.05) is 0 Å². The zero-order chi connectivity index (χ0) is 15.7. The third-order valence-corrected chi connectivity index (χ3v) is 4.03. The van der Waals surface area contributed by atoms with Crippen LogP contribution in [0.3, 0.4) is 0 Å². The van der Waals surface area contributed by atoms with E-state index in [1.807, 2.05) is 20.0 Å². The summed E-state index contributed by atoms with van der Waals surface area (Å²) in [5.41, 5.74) is 1.91. The number of rotatable bonds is 3. The molecule has 0 bridgehead atoms. The molecule has 0 unspecified atom stereocenters. The van der Waals surface area contributed by atoms with Crippen molar-refractivity contribution in [3.63, 3.8) is 0 Å². The van der Waals surface area contributed by atoms with Crippen LogP contribution in [-0.2, 0) is 13.5 Å². The monoisotopic (exact) mass is 301 g/mol. The molecule has 1 aliphatic rings. The molecule has 3 N–H and O–H groups in total. The van der Waals surface area contributed by atoms with Crippen LogP contribution in [0.2, 0.25) is 0 Å². The predicted octanol–water partition coefficient (Wildman–Crippen LogP) is 1.57. The average Bonchev–Trinajstić information content (AvgIpc) is 3.06. The van der Waals surface area contributed by atoms with E-state index in [2.05, 4.69) is 20.8 Å². The van der Waals surface area contributed by atoms with E-state index in [4.69, 9.17) is 0 Å². The molecular weight excluding hydrogens is 282 g/mol. The second kappa shape index (κ2) is 5.67. The zero-order valence-electron chi connectivity index (χ0n) is 12.6. The summed E-state index contributed by atoms with van der Waals surface area (Å²) in [5.74, 6) is 0.995. The molecule has 3 rings (SSSR count). The highest BCUT2D eigenvalue weighted by Crippen LogP contribution is 2.36. The number of fused-ring (bicyclic) bond motifs is 1. The van der Waals surface area contributed by atoms with Gasteiger partial charge in [0.2, 0.25) is 0 Å². The number of carbonyl (C=O) groups is 1. The molecule has 0 aliphatic heterocycles.